The summed E-state index contributed by atoms with van der Waals surface area (Å²) in [5.41, 5.74) is 0.631. The van der Waals surface area contributed by atoms with Crippen LogP contribution in [0.1, 0.15) is 17.3 Å². The molecule has 1 aliphatic rings. The third-order valence-electron chi connectivity index (χ3n) is 1.88. The van der Waals surface area contributed by atoms with Crippen molar-refractivity contribution in [3.63, 3.8) is 0 Å². The van der Waals surface area contributed by atoms with Crippen LogP contribution in [0.15, 0.2) is 18.2 Å². The Morgan fingerprint density at radius 2 is 2.25 bits per heavy atom. The van der Waals surface area contributed by atoms with Crippen molar-refractivity contribution in [1.29, 1.82) is 0 Å². The van der Waals surface area contributed by atoms with Gasteiger partial charge in [0.25, 0.3) is 0 Å². The van der Waals surface area contributed by atoms with Gasteiger partial charge in [-0.25, -0.2) is 0 Å². The van der Waals surface area contributed by atoms with Gasteiger partial charge in [0.15, 0.2) is 6.10 Å². The van der Waals surface area contributed by atoms with Gasteiger partial charge in [-0.15, -0.1) is 0 Å². The molecule has 1 aliphatic heterocycles. The standard InChI is InChI=1S/C9H7ClO2/c1-5-9(11)7-3-2-6(10)4-8(7)12-5/h2-5H,1H3. The highest BCUT2D eigenvalue weighted by molar-refractivity contribution is 6.31. The van der Waals surface area contributed by atoms with E-state index >= 15 is 0 Å². The molecule has 1 aromatic carbocycles. The van der Waals surface area contributed by atoms with Crippen LogP contribution in [0.4, 0.5) is 0 Å². The SMILES string of the molecule is CC1Oc2cc(Cl)ccc2C1=O. The van der Waals surface area contributed by atoms with Crippen LogP contribution in [0.25, 0.3) is 0 Å². The number of ketones is 1. The molecule has 0 aliphatic carbocycles. The summed E-state index contributed by atoms with van der Waals surface area (Å²) in [4.78, 5) is 11.3. The maximum absolute atomic E-state index is 11.3. The van der Waals surface area contributed by atoms with Crippen molar-refractivity contribution in [1.82, 2.24) is 0 Å². The van der Waals surface area contributed by atoms with Gasteiger partial charge < -0.3 is 4.74 Å². The lowest BCUT2D eigenvalue weighted by molar-refractivity contribution is 0.0878. The van der Waals surface area contributed by atoms with Crippen molar-refractivity contribution in [3.05, 3.63) is 28.8 Å². The molecule has 0 saturated heterocycles. The van der Waals surface area contributed by atoms with Gasteiger partial charge in [0, 0.05) is 5.02 Å². The first kappa shape index (κ1) is 7.62. The maximum Gasteiger partial charge on any atom is 0.206 e. The number of halogens is 1. The van der Waals surface area contributed by atoms with E-state index in [9.17, 15) is 4.79 Å². The number of carbonyl (C=O) groups excluding carboxylic acids is 1. The minimum atomic E-state index is -0.363. The van der Waals surface area contributed by atoms with Gasteiger partial charge in [0.2, 0.25) is 5.78 Å². The molecular weight excluding hydrogens is 176 g/mol. The molecule has 12 heavy (non-hydrogen) atoms. The number of ether oxygens (including phenoxy) is 1. The van der Waals surface area contributed by atoms with E-state index in [-0.39, 0.29) is 11.9 Å². The Balaban J connectivity index is 2.54. The fourth-order valence-electron chi connectivity index (χ4n) is 1.26. The molecule has 0 fully saturated rings. The fraction of sp³-hybridized carbons (Fsp3) is 0.222. The van der Waals surface area contributed by atoms with E-state index < -0.39 is 0 Å². The average Bonchev–Trinajstić information content (AvgIpc) is 2.28. The molecule has 2 nitrogen and oxygen atoms in total. The fourth-order valence-corrected chi connectivity index (χ4v) is 1.42. The lowest BCUT2D eigenvalue weighted by atomic mass is 10.1. The predicted molar refractivity (Wildman–Crippen MR) is 45.9 cm³/mol. The topological polar surface area (TPSA) is 26.3 Å². The number of hydrogen-bond donors (Lipinski definition) is 0. The number of fused-ring (bicyclic) bond motifs is 1. The first-order valence-corrected chi connectivity index (χ1v) is 4.06. The molecular formula is C9H7ClO2. The monoisotopic (exact) mass is 182 g/mol. The van der Waals surface area contributed by atoms with Crippen LogP contribution in [0.5, 0.6) is 5.75 Å². The molecule has 1 heterocycles. The Hall–Kier alpha value is -1.02. The lowest BCUT2D eigenvalue weighted by Gasteiger charge is -1.99. The summed E-state index contributed by atoms with van der Waals surface area (Å²) in [5.74, 6) is 0.627. The van der Waals surface area contributed by atoms with Gasteiger partial charge in [-0.3, -0.25) is 4.79 Å². The van der Waals surface area contributed by atoms with Gasteiger partial charge in [-0.05, 0) is 25.1 Å². The van der Waals surface area contributed by atoms with Crippen LogP contribution in [-0.4, -0.2) is 11.9 Å². The van der Waals surface area contributed by atoms with Crippen LogP contribution in [0, 0.1) is 0 Å². The molecule has 0 bridgehead atoms. The third-order valence-corrected chi connectivity index (χ3v) is 2.12. The van der Waals surface area contributed by atoms with Gasteiger partial charge in [0.1, 0.15) is 5.75 Å². The first-order valence-electron chi connectivity index (χ1n) is 3.69. The van der Waals surface area contributed by atoms with E-state index in [1.165, 1.54) is 0 Å². The number of carbonyl (C=O) groups is 1. The lowest BCUT2D eigenvalue weighted by Crippen LogP contribution is -2.14. The Morgan fingerprint density at radius 1 is 1.50 bits per heavy atom. The summed E-state index contributed by atoms with van der Waals surface area (Å²) in [7, 11) is 0. The van der Waals surface area contributed by atoms with Crippen LogP contribution in [-0.2, 0) is 0 Å². The van der Waals surface area contributed by atoms with Gasteiger partial charge in [0.05, 0.1) is 5.56 Å². The minimum Gasteiger partial charge on any atom is -0.482 e. The number of rotatable bonds is 0. The molecule has 0 amide bonds. The Kier molecular flexibility index (Phi) is 1.58. The normalized spacial score (nSPS) is 20.5. The molecule has 3 heteroatoms. The van der Waals surface area contributed by atoms with Crippen molar-refractivity contribution in [3.8, 4) is 5.75 Å². The second kappa shape index (κ2) is 2.49. The highest BCUT2D eigenvalue weighted by atomic mass is 35.5. The highest BCUT2D eigenvalue weighted by Crippen LogP contribution is 2.30. The molecule has 0 aromatic heterocycles. The Bertz CT molecular complexity index is 346. The van der Waals surface area contributed by atoms with Crippen molar-refractivity contribution in [2.45, 2.75) is 13.0 Å². The predicted octanol–water partition coefficient (Wildman–Crippen LogP) is 2.30. The molecule has 0 spiro atoms. The van der Waals surface area contributed by atoms with Crippen LogP contribution in [0.2, 0.25) is 5.02 Å². The molecule has 62 valence electrons. The van der Waals surface area contributed by atoms with Crippen molar-refractivity contribution < 1.29 is 9.53 Å². The van der Waals surface area contributed by atoms with Crippen molar-refractivity contribution >= 4 is 17.4 Å². The van der Waals surface area contributed by atoms with E-state index in [2.05, 4.69) is 0 Å². The van der Waals surface area contributed by atoms with Gasteiger partial charge in [-0.2, -0.15) is 0 Å². The average molecular weight is 183 g/mol. The van der Waals surface area contributed by atoms with E-state index in [0.29, 0.717) is 16.3 Å². The Morgan fingerprint density at radius 3 is 3.00 bits per heavy atom. The number of hydrogen-bond acceptors (Lipinski definition) is 2. The summed E-state index contributed by atoms with van der Waals surface area (Å²) < 4.78 is 5.27. The summed E-state index contributed by atoms with van der Waals surface area (Å²) >= 11 is 5.73. The summed E-state index contributed by atoms with van der Waals surface area (Å²) in [5, 5.41) is 0.593. The molecule has 0 radical (unpaired) electrons. The zero-order valence-electron chi connectivity index (χ0n) is 6.50. The minimum absolute atomic E-state index is 0.0293. The largest absolute Gasteiger partial charge is 0.482 e. The van der Waals surface area contributed by atoms with E-state index in [1.807, 2.05) is 0 Å². The second-order valence-corrected chi connectivity index (χ2v) is 3.20. The number of benzene rings is 1. The molecule has 0 saturated carbocycles. The van der Waals surface area contributed by atoms with Gasteiger partial charge in [-0.1, -0.05) is 11.6 Å². The third kappa shape index (κ3) is 0.994. The summed E-state index contributed by atoms with van der Waals surface area (Å²) in [6.45, 7) is 1.73. The van der Waals surface area contributed by atoms with Gasteiger partial charge >= 0.3 is 0 Å². The van der Waals surface area contributed by atoms with E-state index in [1.54, 1.807) is 25.1 Å². The first-order chi connectivity index (χ1) is 5.68. The summed E-state index contributed by atoms with van der Waals surface area (Å²) in [6, 6.07) is 5.06. The van der Waals surface area contributed by atoms with Crippen molar-refractivity contribution in [2.75, 3.05) is 0 Å². The smallest absolute Gasteiger partial charge is 0.206 e. The molecule has 0 N–H and O–H groups in total. The molecule has 1 aromatic rings. The molecule has 1 unspecified atom stereocenters. The molecule has 2 rings (SSSR count). The molecule has 1 atom stereocenters. The van der Waals surface area contributed by atoms with E-state index in [0.717, 1.165) is 0 Å². The van der Waals surface area contributed by atoms with Crippen molar-refractivity contribution in [2.24, 2.45) is 0 Å². The Labute approximate surface area is 75.1 Å². The van der Waals surface area contributed by atoms with Crippen LogP contribution >= 0.6 is 11.6 Å². The quantitative estimate of drug-likeness (QED) is 0.616. The second-order valence-electron chi connectivity index (χ2n) is 2.76. The van der Waals surface area contributed by atoms with Crippen LogP contribution < -0.4 is 4.74 Å². The number of Topliss-reactive ketones (excluding diaryl/α,β-unsaturated/α-hetero) is 1. The highest BCUT2D eigenvalue weighted by Gasteiger charge is 2.28. The van der Waals surface area contributed by atoms with Crippen LogP contribution in [0.3, 0.4) is 0 Å². The maximum atomic E-state index is 11.3. The zero-order chi connectivity index (χ0) is 8.72. The summed E-state index contributed by atoms with van der Waals surface area (Å²) in [6.07, 6.45) is -0.363. The van der Waals surface area contributed by atoms with E-state index in [4.69, 9.17) is 16.3 Å². The zero-order valence-corrected chi connectivity index (χ0v) is 7.26.